The summed E-state index contributed by atoms with van der Waals surface area (Å²) in [6.45, 7) is 4.28. The lowest BCUT2D eigenvalue weighted by molar-refractivity contribution is 0.0924. The number of aliphatic hydroxyl groups is 2. The molecule has 0 radical (unpaired) electrons. The fourth-order valence-electron chi connectivity index (χ4n) is 1.15. The number of rotatable bonds is 6. The molecule has 2 atom stereocenters. The summed E-state index contributed by atoms with van der Waals surface area (Å²) in [6.07, 6.45) is 2.20. The summed E-state index contributed by atoms with van der Waals surface area (Å²) in [5.41, 5.74) is 0. The van der Waals surface area contributed by atoms with E-state index < -0.39 is 6.10 Å². The van der Waals surface area contributed by atoms with E-state index in [9.17, 15) is 5.11 Å². The van der Waals surface area contributed by atoms with Gasteiger partial charge in [0.25, 0.3) is 0 Å². The molecule has 3 N–H and O–H groups in total. The molecule has 1 rings (SSSR count). The standard InChI is InChI=1S/C10H18N2O2S/c1-3-9-5-12-10(15-9)7(2)11-4-8(14)6-13/h5,7-8,11,13-14H,3-4,6H2,1-2H3. The molecule has 15 heavy (non-hydrogen) atoms. The van der Waals surface area contributed by atoms with Gasteiger partial charge < -0.3 is 15.5 Å². The van der Waals surface area contributed by atoms with Crippen molar-refractivity contribution >= 4 is 11.3 Å². The second-order valence-electron chi connectivity index (χ2n) is 3.48. The van der Waals surface area contributed by atoms with Gasteiger partial charge in [-0.25, -0.2) is 4.98 Å². The van der Waals surface area contributed by atoms with Crippen LogP contribution in [0.3, 0.4) is 0 Å². The topological polar surface area (TPSA) is 65.4 Å². The number of aromatic nitrogens is 1. The Bertz CT molecular complexity index is 291. The van der Waals surface area contributed by atoms with Crippen molar-refractivity contribution in [1.82, 2.24) is 10.3 Å². The lowest BCUT2D eigenvalue weighted by Gasteiger charge is -2.13. The first-order chi connectivity index (χ1) is 7.17. The second-order valence-corrected chi connectivity index (χ2v) is 4.63. The van der Waals surface area contributed by atoms with Gasteiger partial charge in [0.05, 0.1) is 18.8 Å². The minimum Gasteiger partial charge on any atom is -0.394 e. The summed E-state index contributed by atoms with van der Waals surface area (Å²) >= 11 is 1.68. The van der Waals surface area contributed by atoms with E-state index in [4.69, 9.17) is 5.11 Å². The third-order valence-corrected chi connectivity index (χ3v) is 3.49. The molecule has 0 aromatic carbocycles. The van der Waals surface area contributed by atoms with Crippen molar-refractivity contribution in [3.05, 3.63) is 16.1 Å². The van der Waals surface area contributed by atoms with Crippen LogP contribution < -0.4 is 5.32 Å². The molecule has 0 amide bonds. The van der Waals surface area contributed by atoms with Crippen LogP contribution in [0.15, 0.2) is 6.20 Å². The number of hydrogen-bond donors (Lipinski definition) is 3. The van der Waals surface area contributed by atoms with Crippen molar-refractivity contribution < 1.29 is 10.2 Å². The first kappa shape index (κ1) is 12.6. The molecular formula is C10H18N2O2S. The summed E-state index contributed by atoms with van der Waals surface area (Å²) in [7, 11) is 0. The van der Waals surface area contributed by atoms with Crippen molar-refractivity contribution in [2.24, 2.45) is 0 Å². The Kier molecular flexibility index (Phi) is 5.17. The van der Waals surface area contributed by atoms with E-state index in [1.165, 1.54) is 4.88 Å². The van der Waals surface area contributed by atoms with Crippen molar-refractivity contribution in [3.63, 3.8) is 0 Å². The molecule has 5 heteroatoms. The summed E-state index contributed by atoms with van der Waals surface area (Å²) in [6, 6.07) is 0.122. The van der Waals surface area contributed by atoms with Gasteiger partial charge in [-0.2, -0.15) is 0 Å². The average Bonchev–Trinajstić information content (AvgIpc) is 2.73. The monoisotopic (exact) mass is 230 g/mol. The molecule has 0 aliphatic rings. The third kappa shape index (κ3) is 3.87. The third-order valence-electron chi connectivity index (χ3n) is 2.16. The summed E-state index contributed by atoms with van der Waals surface area (Å²) in [4.78, 5) is 5.57. The highest BCUT2D eigenvalue weighted by atomic mass is 32.1. The van der Waals surface area contributed by atoms with Crippen LogP contribution in [0.1, 0.15) is 29.8 Å². The zero-order valence-electron chi connectivity index (χ0n) is 9.10. The molecule has 0 fully saturated rings. The minimum atomic E-state index is -0.696. The minimum absolute atomic E-state index is 0.122. The van der Waals surface area contributed by atoms with Gasteiger partial charge in [0, 0.05) is 17.6 Å². The van der Waals surface area contributed by atoms with Crippen LogP contribution in [0.4, 0.5) is 0 Å². The molecular weight excluding hydrogens is 212 g/mol. The van der Waals surface area contributed by atoms with Crippen LogP contribution in [0.2, 0.25) is 0 Å². The number of aliphatic hydroxyl groups excluding tert-OH is 2. The molecule has 0 aliphatic carbocycles. The predicted molar refractivity (Wildman–Crippen MR) is 61.0 cm³/mol. The van der Waals surface area contributed by atoms with Crippen molar-refractivity contribution in [2.45, 2.75) is 32.4 Å². The van der Waals surface area contributed by atoms with Crippen LogP contribution in [0.25, 0.3) is 0 Å². The van der Waals surface area contributed by atoms with E-state index in [1.54, 1.807) is 11.3 Å². The maximum absolute atomic E-state index is 9.18. The number of nitrogens with one attached hydrogen (secondary N) is 1. The first-order valence-corrected chi connectivity index (χ1v) is 5.96. The Morgan fingerprint density at radius 1 is 1.60 bits per heavy atom. The van der Waals surface area contributed by atoms with Gasteiger partial charge in [-0.05, 0) is 13.3 Å². The summed E-state index contributed by atoms with van der Waals surface area (Å²) in [5, 5.41) is 22.0. The number of aryl methyl sites for hydroxylation is 1. The zero-order valence-corrected chi connectivity index (χ0v) is 9.92. The van der Waals surface area contributed by atoms with Crippen LogP contribution >= 0.6 is 11.3 Å². The molecule has 1 heterocycles. The molecule has 2 unspecified atom stereocenters. The van der Waals surface area contributed by atoms with Gasteiger partial charge in [0.1, 0.15) is 5.01 Å². The Morgan fingerprint density at radius 3 is 2.87 bits per heavy atom. The maximum Gasteiger partial charge on any atom is 0.109 e. The van der Waals surface area contributed by atoms with Gasteiger partial charge in [0.15, 0.2) is 0 Å². The fraction of sp³-hybridized carbons (Fsp3) is 0.700. The number of thiazole rings is 1. The molecule has 0 spiro atoms. The molecule has 0 saturated carbocycles. The Morgan fingerprint density at radius 2 is 2.33 bits per heavy atom. The Labute approximate surface area is 94.0 Å². The van der Waals surface area contributed by atoms with E-state index in [2.05, 4.69) is 17.2 Å². The highest BCUT2D eigenvalue weighted by Crippen LogP contribution is 2.19. The number of hydrogen-bond acceptors (Lipinski definition) is 5. The zero-order chi connectivity index (χ0) is 11.3. The SMILES string of the molecule is CCc1cnc(C(C)NCC(O)CO)s1. The Hall–Kier alpha value is -0.490. The van der Waals surface area contributed by atoms with Crippen LogP contribution in [0, 0.1) is 0 Å². The van der Waals surface area contributed by atoms with Crippen LogP contribution in [-0.2, 0) is 6.42 Å². The lowest BCUT2D eigenvalue weighted by atomic mass is 10.3. The summed E-state index contributed by atoms with van der Waals surface area (Å²) in [5.74, 6) is 0. The molecule has 0 aliphatic heterocycles. The first-order valence-electron chi connectivity index (χ1n) is 5.14. The number of nitrogens with zero attached hydrogens (tertiary/aromatic N) is 1. The molecule has 4 nitrogen and oxygen atoms in total. The van der Waals surface area contributed by atoms with E-state index in [-0.39, 0.29) is 12.6 Å². The van der Waals surface area contributed by atoms with Gasteiger partial charge in [0.2, 0.25) is 0 Å². The quantitative estimate of drug-likeness (QED) is 0.673. The van der Waals surface area contributed by atoms with E-state index in [1.807, 2.05) is 13.1 Å². The van der Waals surface area contributed by atoms with Crippen molar-refractivity contribution in [2.75, 3.05) is 13.2 Å². The fourth-order valence-corrected chi connectivity index (χ4v) is 2.03. The van der Waals surface area contributed by atoms with Gasteiger partial charge in [-0.1, -0.05) is 6.92 Å². The average molecular weight is 230 g/mol. The highest BCUT2D eigenvalue weighted by molar-refractivity contribution is 7.11. The molecule has 1 aromatic rings. The van der Waals surface area contributed by atoms with Crippen molar-refractivity contribution in [3.8, 4) is 0 Å². The second kappa shape index (κ2) is 6.17. The van der Waals surface area contributed by atoms with E-state index in [0.717, 1.165) is 11.4 Å². The largest absolute Gasteiger partial charge is 0.394 e. The van der Waals surface area contributed by atoms with E-state index in [0.29, 0.717) is 6.54 Å². The predicted octanol–water partition coefficient (Wildman–Crippen LogP) is 0.709. The molecule has 1 aromatic heterocycles. The smallest absolute Gasteiger partial charge is 0.109 e. The maximum atomic E-state index is 9.18. The van der Waals surface area contributed by atoms with E-state index >= 15 is 0 Å². The molecule has 0 bridgehead atoms. The van der Waals surface area contributed by atoms with Gasteiger partial charge in [-0.15, -0.1) is 11.3 Å². The normalized spacial score (nSPS) is 15.2. The van der Waals surface area contributed by atoms with Crippen LogP contribution in [0.5, 0.6) is 0 Å². The highest BCUT2D eigenvalue weighted by Gasteiger charge is 2.11. The van der Waals surface area contributed by atoms with Crippen LogP contribution in [-0.4, -0.2) is 34.5 Å². The van der Waals surface area contributed by atoms with Crippen molar-refractivity contribution in [1.29, 1.82) is 0 Å². The molecule has 86 valence electrons. The van der Waals surface area contributed by atoms with Gasteiger partial charge in [-0.3, -0.25) is 0 Å². The molecule has 0 saturated heterocycles. The van der Waals surface area contributed by atoms with Gasteiger partial charge >= 0.3 is 0 Å². The Balaban J connectivity index is 2.42. The summed E-state index contributed by atoms with van der Waals surface area (Å²) < 4.78 is 0. The lowest BCUT2D eigenvalue weighted by Crippen LogP contribution is -2.31.